The summed E-state index contributed by atoms with van der Waals surface area (Å²) in [6.07, 6.45) is -0.218. The zero-order valence-corrected chi connectivity index (χ0v) is 15.0. The van der Waals surface area contributed by atoms with Crippen LogP contribution in [0.25, 0.3) is 0 Å². The molecule has 2 aliphatic heterocycles. The van der Waals surface area contributed by atoms with Crippen LogP contribution in [0.4, 0.5) is 4.79 Å². The SMILES string of the molecule is CCNC1=NCC2CN(C(=O)OC(C)(C)C)CCN12.I. The number of piperazine rings is 1. The van der Waals surface area contributed by atoms with E-state index in [0.29, 0.717) is 13.1 Å². The summed E-state index contributed by atoms with van der Waals surface area (Å²) >= 11 is 0. The number of hydrogen-bond acceptors (Lipinski definition) is 5. The molecule has 2 rings (SSSR count). The van der Waals surface area contributed by atoms with Gasteiger partial charge in [0.15, 0.2) is 5.96 Å². The Kier molecular flexibility index (Phi) is 5.91. The first kappa shape index (κ1) is 17.3. The van der Waals surface area contributed by atoms with E-state index in [1.165, 1.54) is 0 Å². The number of rotatable bonds is 1. The molecule has 20 heavy (non-hydrogen) atoms. The molecule has 0 radical (unpaired) electrons. The number of amides is 1. The summed E-state index contributed by atoms with van der Waals surface area (Å²) in [6.45, 7) is 11.6. The van der Waals surface area contributed by atoms with E-state index in [2.05, 4.69) is 22.1 Å². The summed E-state index contributed by atoms with van der Waals surface area (Å²) in [4.78, 5) is 20.6. The lowest BCUT2D eigenvalue weighted by atomic mass is 10.2. The molecule has 0 aliphatic carbocycles. The number of halogens is 1. The van der Waals surface area contributed by atoms with Crippen LogP contribution in [0.3, 0.4) is 0 Å². The summed E-state index contributed by atoms with van der Waals surface area (Å²) in [6, 6.07) is 0.287. The molecule has 0 saturated carbocycles. The number of hydrogen-bond donors (Lipinski definition) is 1. The molecule has 0 spiro atoms. The second kappa shape index (κ2) is 6.82. The van der Waals surface area contributed by atoms with Gasteiger partial charge in [0.2, 0.25) is 0 Å². The van der Waals surface area contributed by atoms with Crippen molar-refractivity contribution in [1.82, 2.24) is 15.1 Å². The fourth-order valence-electron chi connectivity index (χ4n) is 2.38. The van der Waals surface area contributed by atoms with E-state index < -0.39 is 5.60 Å². The normalized spacial score (nSPS) is 21.8. The highest BCUT2D eigenvalue weighted by Crippen LogP contribution is 2.18. The summed E-state index contributed by atoms with van der Waals surface area (Å²) in [5, 5.41) is 3.27. The summed E-state index contributed by atoms with van der Waals surface area (Å²) < 4.78 is 5.42. The van der Waals surface area contributed by atoms with Gasteiger partial charge in [-0.2, -0.15) is 0 Å². The molecule has 1 atom stereocenters. The van der Waals surface area contributed by atoms with E-state index >= 15 is 0 Å². The van der Waals surface area contributed by atoms with Gasteiger partial charge in [-0.25, -0.2) is 4.79 Å². The van der Waals surface area contributed by atoms with Crippen molar-refractivity contribution < 1.29 is 9.53 Å². The Bertz CT molecular complexity index is 381. The third kappa shape index (κ3) is 4.13. The number of aliphatic imine (C=N–C) groups is 1. The number of guanidine groups is 1. The lowest BCUT2D eigenvalue weighted by Crippen LogP contribution is -2.57. The molecule has 0 aromatic heterocycles. The van der Waals surface area contributed by atoms with Crippen LogP contribution in [0.2, 0.25) is 0 Å². The minimum absolute atomic E-state index is 0. The van der Waals surface area contributed by atoms with E-state index in [-0.39, 0.29) is 36.1 Å². The lowest BCUT2D eigenvalue weighted by Gasteiger charge is -2.39. The maximum atomic E-state index is 12.0. The van der Waals surface area contributed by atoms with Gasteiger partial charge in [-0.05, 0) is 27.7 Å². The fraction of sp³-hybridized carbons (Fsp3) is 0.846. The topological polar surface area (TPSA) is 57.2 Å². The Balaban J connectivity index is 0.00000200. The quantitative estimate of drug-likeness (QED) is 0.683. The predicted molar refractivity (Wildman–Crippen MR) is 89.7 cm³/mol. The van der Waals surface area contributed by atoms with E-state index in [0.717, 1.165) is 25.6 Å². The molecule has 0 bridgehead atoms. The first-order chi connectivity index (χ1) is 8.90. The van der Waals surface area contributed by atoms with Gasteiger partial charge in [0.1, 0.15) is 5.60 Å². The second-order valence-electron chi connectivity index (χ2n) is 5.97. The van der Waals surface area contributed by atoms with E-state index in [9.17, 15) is 4.79 Å². The first-order valence-electron chi connectivity index (χ1n) is 6.93. The van der Waals surface area contributed by atoms with Crippen LogP contribution in [0.5, 0.6) is 0 Å². The van der Waals surface area contributed by atoms with Gasteiger partial charge in [-0.1, -0.05) is 0 Å². The van der Waals surface area contributed by atoms with Gasteiger partial charge in [-0.3, -0.25) is 4.99 Å². The number of carbonyl (C=O) groups excluding carboxylic acids is 1. The molecular weight excluding hydrogens is 371 g/mol. The van der Waals surface area contributed by atoms with Gasteiger partial charge < -0.3 is 19.9 Å². The Morgan fingerprint density at radius 1 is 1.45 bits per heavy atom. The average Bonchev–Trinajstić information content (AvgIpc) is 2.70. The van der Waals surface area contributed by atoms with Gasteiger partial charge in [0, 0.05) is 26.2 Å². The minimum atomic E-state index is -0.435. The van der Waals surface area contributed by atoms with Crippen molar-refractivity contribution in [2.75, 3.05) is 32.7 Å². The zero-order valence-electron chi connectivity index (χ0n) is 12.7. The van der Waals surface area contributed by atoms with Crippen molar-refractivity contribution in [2.45, 2.75) is 39.3 Å². The Hall–Kier alpha value is -0.730. The smallest absolute Gasteiger partial charge is 0.410 e. The Morgan fingerprint density at radius 3 is 2.75 bits per heavy atom. The maximum Gasteiger partial charge on any atom is 0.410 e. The van der Waals surface area contributed by atoms with E-state index in [4.69, 9.17) is 4.74 Å². The number of ether oxygens (including phenoxy) is 1. The summed E-state index contributed by atoms with van der Waals surface area (Å²) in [7, 11) is 0. The van der Waals surface area contributed by atoms with Crippen LogP contribution >= 0.6 is 24.0 Å². The molecule has 1 N–H and O–H groups in total. The number of carbonyl (C=O) groups is 1. The van der Waals surface area contributed by atoms with Crippen molar-refractivity contribution >= 4 is 36.0 Å². The van der Waals surface area contributed by atoms with Crippen molar-refractivity contribution in [2.24, 2.45) is 4.99 Å². The predicted octanol–water partition coefficient (Wildman–Crippen LogP) is 1.50. The molecular formula is C13H25IN4O2. The lowest BCUT2D eigenvalue weighted by molar-refractivity contribution is 0.0137. The number of fused-ring (bicyclic) bond motifs is 1. The van der Waals surface area contributed by atoms with Crippen LogP contribution in [0, 0.1) is 0 Å². The first-order valence-corrected chi connectivity index (χ1v) is 6.93. The Morgan fingerprint density at radius 2 is 2.15 bits per heavy atom. The van der Waals surface area contributed by atoms with Crippen LogP contribution in [0.15, 0.2) is 4.99 Å². The molecule has 2 heterocycles. The molecule has 7 heteroatoms. The molecule has 116 valence electrons. The minimum Gasteiger partial charge on any atom is -0.444 e. The largest absolute Gasteiger partial charge is 0.444 e. The van der Waals surface area contributed by atoms with Crippen molar-refractivity contribution in [3.05, 3.63) is 0 Å². The van der Waals surface area contributed by atoms with E-state index in [1.54, 1.807) is 4.90 Å². The highest BCUT2D eigenvalue weighted by Gasteiger charge is 2.36. The third-order valence-corrected chi connectivity index (χ3v) is 3.19. The molecule has 1 amide bonds. The zero-order chi connectivity index (χ0) is 14.0. The molecule has 0 aromatic carbocycles. The van der Waals surface area contributed by atoms with Crippen LogP contribution in [-0.4, -0.2) is 66.2 Å². The Labute approximate surface area is 137 Å². The van der Waals surface area contributed by atoms with Gasteiger partial charge in [0.25, 0.3) is 0 Å². The second-order valence-corrected chi connectivity index (χ2v) is 5.97. The highest BCUT2D eigenvalue weighted by atomic mass is 127. The molecule has 6 nitrogen and oxygen atoms in total. The van der Waals surface area contributed by atoms with Crippen molar-refractivity contribution in [1.29, 1.82) is 0 Å². The molecule has 0 aromatic rings. The third-order valence-electron chi connectivity index (χ3n) is 3.19. The van der Waals surface area contributed by atoms with E-state index in [1.807, 2.05) is 20.8 Å². The highest BCUT2D eigenvalue weighted by molar-refractivity contribution is 14.0. The van der Waals surface area contributed by atoms with Gasteiger partial charge in [0.05, 0.1) is 12.6 Å². The van der Waals surface area contributed by atoms with Crippen LogP contribution in [-0.2, 0) is 4.74 Å². The van der Waals surface area contributed by atoms with Crippen molar-refractivity contribution in [3.8, 4) is 0 Å². The molecule has 1 fully saturated rings. The number of nitrogens with zero attached hydrogens (tertiary/aromatic N) is 3. The maximum absolute atomic E-state index is 12.0. The standard InChI is InChI=1S/C13H24N4O2.HI/c1-5-14-11-15-8-10-9-16(6-7-17(10)11)12(18)19-13(2,3)4;/h10H,5-9H2,1-4H3,(H,14,15);1H. The molecule has 2 aliphatic rings. The molecule has 1 saturated heterocycles. The van der Waals surface area contributed by atoms with Crippen LogP contribution in [0.1, 0.15) is 27.7 Å². The van der Waals surface area contributed by atoms with Crippen LogP contribution < -0.4 is 5.32 Å². The van der Waals surface area contributed by atoms with Crippen molar-refractivity contribution in [3.63, 3.8) is 0 Å². The summed E-state index contributed by atoms with van der Waals surface area (Å²) in [5.41, 5.74) is -0.435. The fourth-order valence-corrected chi connectivity index (χ4v) is 2.38. The number of nitrogens with one attached hydrogen (secondary N) is 1. The van der Waals surface area contributed by atoms with Gasteiger partial charge >= 0.3 is 6.09 Å². The summed E-state index contributed by atoms with van der Waals surface area (Å²) in [5.74, 6) is 0.969. The van der Waals surface area contributed by atoms with Gasteiger partial charge in [-0.15, -0.1) is 24.0 Å². The average molecular weight is 396 g/mol. The molecule has 1 unspecified atom stereocenters. The monoisotopic (exact) mass is 396 g/mol.